The zero-order valence-corrected chi connectivity index (χ0v) is 15.6. The van der Waals surface area contributed by atoms with Gasteiger partial charge < -0.3 is 13.8 Å². The van der Waals surface area contributed by atoms with Crippen molar-refractivity contribution in [2.24, 2.45) is 0 Å². The summed E-state index contributed by atoms with van der Waals surface area (Å²) in [7, 11) is 0. The molecule has 3 heterocycles. The minimum atomic E-state index is -3.55. The highest BCUT2D eigenvalue weighted by Crippen LogP contribution is 2.61. The first kappa shape index (κ1) is 20.6. The second-order valence-corrected chi connectivity index (χ2v) is 9.17. The average molecular weight is 434 g/mol. The summed E-state index contributed by atoms with van der Waals surface area (Å²) in [5.74, 6) is -1.42. The van der Waals surface area contributed by atoms with E-state index < -0.39 is 67.0 Å². The van der Waals surface area contributed by atoms with Crippen LogP contribution in [0.2, 0.25) is 0 Å². The Labute approximate surface area is 154 Å². The summed E-state index contributed by atoms with van der Waals surface area (Å²) < 4.78 is 77.2. The fourth-order valence-electron chi connectivity index (χ4n) is 2.80. The molecule has 0 spiro atoms. The topological polar surface area (TPSA) is 91.8 Å². The Kier molecular flexibility index (Phi) is 5.38. The van der Waals surface area contributed by atoms with E-state index in [1.807, 2.05) is 0 Å². The molecular formula is C13H15F4N2O6PS. The van der Waals surface area contributed by atoms with Crippen molar-refractivity contribution in [1.29, 1.82) is 0 Å². The van der Waals surface area contributed by atoms with E-state index >= 15 is 4.39 Å². The molecule has 27 heavy (non-hydrogen) atoms. The first-order valence-electron chi connectivity index (χ1n) is 7.71. The van der Waals surface area contributed by atoms with Crippen molar-refractivity contribution in [3.05, 3.63) is 32.9 Å². The SMILES string of the molecule is CC(C)OP1(=S)OC[C@@]2(C(F)F)O[C@@H](n3cc(F)c(=O)[nH]c3=O)[C@@H](F)[C@@H]2O1. The molecule has 1 unspecified atom stereocenters. The number of H-pyrrole nitrogens is 1. The van der Waals surface area contributed by atoms with Gasteiger partial charge in [-0.1, -0.05) is 0 Å². The van der Waals surface area contributed by atoms with E-state index in [1.165, 1.54) is 0 Å². The van der Waals surface area contributed by atoms with Crippen molar-refractivity contribution in [1.82, 2.24) is 9.55 Å². The van der Waals surface area contributed by atoms with Crippen molar-refractivity contribution in [3.63, 3.8) is 0 Å². The molecule has 1 N–H and O–H groups in total. The van der Waals surface area contributed by atoms with Crippen LogP contribution in [0.4, 0.5) is 17.6 Å². The number of hydrogen-bond acceptors (Lipinski definition) is 7. The Morgan fingerprint density at radius 1 is 1.44 bits per heavy atom. The van der Waals surface area contributed by atoms with E-state index in [2.05, 4.69) is 0 Å². The van der Waals surface area contributed by atoms with Gasteiger partial charge in [0, 0.05) is 0 Å². The lowest BCUT2D eigenvalue weighted by molar-refractivity contribution is -0.204. The summed E-state index contributed by atoms with van der Waals surface area (Å²) in [6.07, 6.45) is -9.66. The monoisotopic (exact) mass is 434 g/mol. The molecule has 5 atom stereocenters. The number of hydrogen-bond donors (Lipinski definition) is 1. The van der Waals surface area contributed by atoms with Crippen molar-refractivity contribution < 1.29 is 35.9 Å². The molecule has 8 nitrogen and oxygen atoms in total. The molecule has 2 saturated heterocycles. The highest BCUT2D eigenvalue weighted by molar-refractivity contribution is 8.07. The van der Waals surface area contributed by atoms with E-state index in [4.69, 9.17) is 30.1 Å². The summed E-state index contributed by atoms with van der Waals surface area (Å²) in [5, 5.41) is 0. The lowest BCUT2D eigenvalue weighted by Gasteiger charge is -2.41. The molecule has 2 aliphatic heterocycles. The van der Waals surface area contributed by atoms with Gasteiger partial charge in [-0.2, -0.15) is 4.39 Å². The minimum Gasteiger partial charge on any atom is -0.337 e. The second-order valence-electron chi connectivity index (χ2n) is 6.25. The Balaban J connectivity index is 2.01. The van der Waals surface area contributed by atoms with Crippen LogP contribution in [0.15, 0.2) is 15.8 Å². The molecule has 2 aliphatic rings. The van der Waals surface area contributed by atoms with E-state index in [0.717, 1.165) is 0 Å². The molecule has 0 amide bonds. The van der Waals surface area contributed by atoms with Gasteiger partial charge in [0.15, 0.2) is 18.0 Å². The molecule has 152 valence electrons. The number of alkyl halides is 3. The third kappa shape index (κ3) is 3.52. The zero-order chi connectivity index (χ0) is 20.1. The van der Waals surface area contributed by atoms with Crippen LogP contribution in [0.1, 0.15) is 20.1 Å². The van der Waals surface area contributed by atoms with E-state index in [-0.39, 0.29) is 0 Å². The number of nitrogens with one attached hydrogen (secondary N) is 1. The minimum absolute atomic E-state index is 0.333. The Hall–Kier alpha value is -1.11. The average Bonchev–Trinajstić information content (AvgIpc) is 2.84. The first-order valence-corrected chi connectivity index (χ1v) is 10.3. The van der Waals surface area contributed by atoms with Crippen molar-refractivity contribution in [3.8, 4) is 0 Å². The third-order valence-electron chi connectivity index (χ3n) is 3.98. The van der Waals surface area contributed by atoms with Crippen LogP contribution >= 0.6 is 6.72 Å². The summed E-state index contributed by atoms with van der Waals surface area (Å²) in [4.78, 5) is 24.6. The van der Waals surface area contributed by atoms with Gasteiger partial charge in [0.1, 0.15) is 6.10 Å². The van der Waals surface area contributed by atoms with E-state index in [1.54, 1.807) is 18.8 Å². The number of halogens is 4. The van der Waals surface area contributed by atoms with Crippen LogP contribution in [0.3, 0.4) is 0 Å². The van der Waals surface area contributed by atoms with Gasteiger partial charge in [-0.3, -0.25) is 18.9 Å². The molecule has 2 fully saturated rings. The normalized spacial score (nSPS) is 36.4. The molecule has 1 aromatic rings. The Bertz CT molecular complexity index is 894. The van der Waals surface area contributed by atoms with E-state index in [9.17, 15) is 22.8 Å². The summed E-state index contributed by atoms with van der Waals surface area (Å²) in [6.45, 7) is -1.20. The maximum absolute atomic E-state index is 15.0. The number of rotatable bonds is 4. The number of aromatic nitrogens is 2. The molecule has 0 radical (unpaired) electrons. The lowest BCUT2D eigenvalue weighted by atomic mass is 9.97. The molecule has 0 saturated carbocycles. The lowest BCUT2D eigenvalue weighted by Crippen LogP contribution is -2.55. The highest BCUT2D eigenvalue weighted by Gasteiger charge is 2.67. The van der Waals surface area contributed by atoms with Gasteiger partial charge in [-0.25, -0.2) is 18.0 Å². The summed E-state index contributed by atoms with van der Waals surface area (Å²) >= 11 is 5.06. The first-order chi connectivity index (χ1) is 12.5. The Morgan fingerprint density at radius 2 is 2.11 bits per heavy atom. The smallest absolute Gasteiger partial charge is 0.330 e. The quantitative estimate of drug-likeness (QED) is 0.569. The van der Waals surface area contributed by atoms with Crippen molar-refractivity contribution in [2.75, 3.05) is 6.61 Å². The van der Waals surface area contributed by atoms with Crippen LogP contribution in [0.25, 0.3) is 0 Å². The fourth-order valence-corrected chi connectivity index (χ4v) is 5.37. The van der Waals surface area contributed by atoms with Gasteiger partial charge >= 0.3 is 12.4 Å². The van der Waals surface area contributed by atoms with Crippen LogP contribution in [0, 0.1) is 5.82 Å². The van der Waals surface area contributed by atoms with Gasteiger partial charge in [-0.05, 0) is 25.7 Å². The molecule has 0 aromatic carbocycles. The summed E-state index contributed by atoms with van der Waals surface area (Å²) in [5.41, 5.74) is -5.17. The molecule has 1 aromatic heterocycles. The van der Waals surface area contributed by atoms with Crippen LogP contribution in [-0.4, -0.2) is 46.6 Å². The third-order valence-corrected chi connectivity index (χ3v) is 6.43. The van der Waals surface area contributed by atoms with E-state index in [0.29, 0.717) is 10.8 Å². The number of nitrogens with zero attached hydrogens (tertiary/aromatic N) is 1. The Morgan fingerprint density at radius 3 is 2.70 bits per heavy atom. The molecule has 0 aliphatic carbocycles. The largest absolute Gasteiger partial charge is 0.337 e. The van der Waals surface area contributed by atoms with Gasteiger partial charge in [-0.15, -0.1) is 0 Å². The summed E-state index contributed by atoms with van der Waals surface area (Å²) in [6, 6.07) is 0. The van der Waals surface area contributed by atoms with Crippen molar-refractivity contribution in [2.45, 2.75) is 50.5 Å². The second kappa shape index (κ2) is 7.05. The molecule has 0 bridgehead atoms. The van der Waals surface area contributed by atoms with Gasteiger partial charge in [0.05, 0.1) is 18.9 Å². The molecule has 14 heteroatoms. The standard InChI is InChI=1S/C13H15F4N2O6PS/c1-5(2)24-26(27)22-4-13(11(16)17)8(25-26)7(15)10(23-13)19-3-6(14)9(20)18-12(19)21/h3,5,7-8,10-11H,4H2,1-2H3,(H,18,20,21)/t7-,8-,10+,13+,26?/m0/s1. The maximum atomic E-state index is 15.0. The fraction of sp³-hybridized carbons (Fsp3) is 0.692. The van der Waals surface area contributed by atoms with Crippen LogP contribution < -0.4 is 11.2 Å². The van der Waals surface area contributed by atoms with Gasteiger partial charge in [0.2, 0.25) is 5.82 Å². The maximum Gasteiger partial charge on any atom is 0.330 e. The molecule has 3 rings (SSSR count). The van der Waals surface area contributed by atoms with Gasteiger partial charge in [0.25, 0.3) is 12.0 Å². The van der Waals surface area contributed by atoms with Crippen LogP contribution in [0.5, 0.6) is 0 Å². The highest BCUT2D eigenvalue weighted by atomic mass is 32.5. The zero-order valence-electron chi connectivity index (χ0n) is 13.9. The van der Waals surface area contributed by atoms with Crippen LogP contribution in [-0.2, 0) is 30.1 Å². The number of ether oxygens (including phenoxy) is 1. The molecular weight excluding hydrogens is 419 g/mol. The number of fused-ring (bicyclic) bond motifs is 1. The van der Waals surface area contributed by atoms with Crippen molar-refractivity contribution >= 4 is 18.5 Å². The number of aromatic amines is 1. The predicted molar refractivity (Wildman–Crippen MR) is 86.4 cm³/mol. The predicted octanol–water partition coefficient (Wildman–Crippen LogP) is 1.61.